The highest BCUT2D eigenvalue weighted by atomic mass is 15.3. The second-order valence-corrected chi connectivity index (χ2v) is 5.43. The molecular weight excluding hydrogens is 200 g/mol. The van der Waals surface area contributed by atoms with Gasteiger partial charge in [-0.15, -0.1) is 0 Å². The van der Waals surface area contributed by atoms with Crippen LogP contribution in [0.3, 0.4) is 0 Å². The summed E-state index contributed by atoms with van der Waals surface area (Å²) in [6.07, 6.45) is 3.67. The maximum atomic E-state index is 4.54. The molecule has 0 spiro atoms. The molecule has 0 unspecified atom stereocenters. The van der Waals surface area contributed by atoms with Crippen molar-refractivity contribution in [3.05, 3.63) is 23.9 Å². The Bertz CT molecular complexity index is 505. The van der Waals surface area contributed by atoms with E-state index in [4.69, 9.17) is 0 Å². The molecule has 0 aliphatic rings. The highest BCUT2D eigenvalue weighted by molar-refractivity contribution is 5.37. The fourth-order valence-corrected chi connectivity index (χ4v) is 1.58. The summed E-state index contributed by atoms with van der Waals surface area (Å²) in [5, 5.41) is 4.54. The molecule has 2 aromatic heterocycles. The van der Waals surface area contributed by atoms with Crippen molar-refractivity contribution in [3.8, 4) is 0 Å². The van der Waals surface area contributed by atoms with Gasteiger partial charge < -0.3 is 0 Å². The van der Waals surface area contributed by atoms with E-state index in [0.717, 1.165) is 17.2 Å². The van der Waals surface area contributed by atoms with E-state index in [0.29, 0.717) is 5.92 Å². The SMILES string of the molecule is CC(C)c1ncc2ncc(C(C)(C)C)n2n1. The van der Waals surface area contributed by atoms with Crippen LogP contribution in [0.2, 0.25) is 0 Å². The predicted molar refractivity (Wildman–Crippen MR) is 63.6 cm³/mol. The third kappa shape index (κ3) is 1.79. The zero-order valence-corrected chi connectivity index (χ0v) is 10.5. The Morgan fingerprint density at radius 1 is 1.12 bits per heavy atom. The number of hydrogen-bond donors (Lipinski definition) is 0. The summed E-state index contributed by atoms with van der Waals surface area (Å²) >= 11 is 0. The van der Waals surface area contributed by atoms with Gasteiger partial charge in [0.25, 0.3) is 0 Å². The van der Waals surface area contributed by atoms with Gasteiger partial charge in [-0.05, 0) is 0 Å². The zero-order chi connectivity index (χ0) is 11.9. The van der Waals surface area contributed by atoms with Gasteiger partial charge >= 0.3 is 0 Å². The van der Waals surface area contributed by atoms with Gasteiger partial charge in [-0.1, -0.05) is 34.6 Å². The molecule has 0 bridgehead atoms. The van der Waals surface area contributed by atoms with E-state index in [9.17, 15) is 0 Å². The van der Waals surface area contributed by atoms with Crippen LogP contribution in [0.1, 0.15) is 52.1 Å². The standard InChI is InChI=1S/C12H18N4/c1-8(2)11-14-7-10-13-6-9(12(3,4)5)16(10)15-11/h6-8H,1-5H3. The lowest BCUT2D eigenvalue weighted by molar-refractivity contribution is 0.544. The molecule has 0 aliphatic carbocycles. The van der Waals surface area contributed by atoms with Gasteiger partial charge in [0.05, 0.1) is 18.1 Å². The van der Waals surface area contributed by atoms with E-state index in [1.165, 1.54) is 0 Å². The van der Waals surface area contributed by atoms with Crippen molar-refractivity contribution < 1.29 is 0 Å². The van der Waals surface area contributed by atoms with Crippen molar-refractivity contribution in [2.75, 3.05) is 0 Å². The number of aromatic nitrogens is 4. The average molecular weight is 218 g/mol. The summed E-state index contributed by atoms with van der Waals surface area (Å²) in [7, 11) is 0. The van der Waals surface area contributed by atoms with Gasteiger partial charge in [0, 0.05) is 11.3 Å². The normalized spacial score (nSPS) is 12.6. The first kappa shape index (κ1) is 11.0. The molecule has 2 aromatic rings. The summed E-state index contributed by atoms with van der Waals surface area (Å²) in [5.41, 5.74) is 1.98. The van der Waals surface area contributed by atoms with E-state index < -0.39 is 0 Å². The van der Waals surface area contributed by atoms with E-state index in [-0.39, 0.29) is 5.41 Å². The van der Waals surface area contributed by atoms with Gasteiger partial charge in [0.15, 0.2) is 11.5 Å². The Balaban J connectivity index is 2.65. The average Bonchev–Trinajstić information content (AvgIpc) is 2.58. The highest BCUT2D eigenvalue weighted by Gasteiger charge is 2.20. The molecule has 0 atom stereocenters. The van der Waals surface area contributed by atoms with Crippen LogP contribution >= 0.6 is 0 Å². The summed E-state index contributed by atoms with van der Waals surface area (Å²) in [6.45, 7) is 10.7. The minimum Gasteiger partial charge on any atom is -0.235 e. The van der Waals surface area contributed by atoms with Gasteiger partial charge in [-0.25, -0.2) is 14.5 Å². The van der Waals surface area contributed by atoms with Crippen LogP contribution in [-0.4, -0.2) is 19.6 Å². The molecule has 0 aromatic carbocycles. The van der Waals surface area contributed by atoms with Crippen LogP contribution in [0, 0.1) is 0 Å². The van der Waals surface area contributed by atoms with Crippen LogP contribution in [0.15, 0.2) is 12.4 Å². The monoisotopic (exact) mass is 218 g/mol. The number of imidazole rings is 1. The molecule has 0 amide bonds. The summed E-state index contributed by atoms with van der Waals surface area (Å²) in [5.74, 6) is 1.19. The number of fused-ring (bicyclic) bond motifs is 1. The Morgan fingerprint density at radius 3 is 2.38 bits per heavy atom. The third-order valence-corrected chi connectivity index (χ3v) is 2.56. The lowest BCUT2D eigenvalue weighted by Crippen LogP contribution is -2.16. The molecule has 2 rings (SSSR count). The molecule has 4 heteroatoms. The van der Waals surface area contributed by atoms with Crippen molar-refractivity contribution in [3.63, 3.8) is 0 Å². The molecule has 0 radical (unpaired) electrons. The van der Waals surface area contributed by atoms with Gasteiger partial charge in [-0.3, -0.25) is 0 Å². The first-order chi connectivity index (χ1) is 7.39. The maximum Gasteiger partial charge on any atom is 0.172 e. The molecule has 0 fully saturated rings. The first-order valence-corrected chi connectivity index (χ1v) is 5.61. The van der Waals surface area contributed by atoms with E-state index in [1.807, 2.05) is 10.7 Å². The third-order valence-electron chi connectivity index (χ3n) is 2.56. The maximum absolute atomic E-state index is 4.54. The molecule has 0 aliphatic heterocycles. The Kier molecular flexibility index (Phi) is 2.45. The van der Waals surface area contributed by atoms with E-state index in [2.05, 4.69) is 49.7 Å². The molecule has 86 valence electrons. The van der Waals surface area contributed by atoms with Crippen molar-refractivity contribution >= 4 is 5.65 Å². The smallest absolute Gasteiger partial charge is 0.172 e. The zero-order valence-electron chi connectivity index (χ0n) is 10.5. The van der Waals surface area contributed by atoms with Crippen LogP contribution in [0.25, 0.3) is 5.65 Å². The fraction of sp³-hybridized carbons (Fsp3) is 0.583. The van der Waals surface area contributed by atoms with Gasteiger partial charge in [0.2, 0.25) is 0 Å². The van der Waals surface area contributed by atoms with Gasteiger partial charge in [0.1, 0.15) is 0 Å². The molecule has 0 saturated carbocycles. The van der Waals surface area contributed by atoms with Crippen molar-refractivity contribution in [2.45, 2.75) is 46.0 Å². The predicted octanol–water partition coefficient (Wildman–Crippen LogP) is 2.55. The summed E-state index contributed by atoms with van der Waals surface area (Å²) < 4.78 is 1.91. The first-order valence-electron chi connectivity index (χ1n) is 5.61. The quantitative estimate of drug-likeness (QED) is 0.738. The molecule has 4 nitrogen and oxygen atoms in total. The molecular formula is C12H18N4. The van der Waals surface area contributed by atoms with Crippen LogP contribution < -0.4 is 0 Å². The van der Waals surface area contributed by atoms with Gasteiger partial charge in [-0.2, -0.15) is 5.10 Å². The largest absolute Gasteiger partial charge is 0.235 e. The number of hydrogen-bond acceptors (Lipinski definition) is 3. The highest BCUT2D eigenvalue weighted by Crippen LogP contribution is 2.22. The van der Waals surface area contributed by atoms with E-state index >= 15 is 0 Å². The minimum absolute atomic E-state index is 0.0437. The number of rotatable bonds is 1. The molecule has 0 saturated heterocycles. The fourth-order valence-electron chi connectivity index (χ4n) is 1.58. The van der Waals surface area contributed by atoms with E-state index in [1.54, 1.807) is 6.20 Å². The summed E-state index contributed by atoms with van der Waals surface area (Å²) in [6, 6.07) is 0. The molecule has 2 heterocycles. The second-order valence-electron chi connectivity index (χ2n) is 5.43. The minimum atomic E-state index is 0.0437. The van der Waals surface area contributed by atoms with Crippen molar-refractivity contribution in [1.29, 1.82) is 0 Å². The lowest BCUT2D eigenvalue weighted by atomic mass is 9.93. The summed E-state index contributed by atoms with van der Waals surface area (Å²) in [4.78, 5) is 8.63. The van der Waals surface area contributed by atoms with Crippen molar-refractivity contribution in [1.82, 2.24) is 19.6 Å². The van der Waals surface area contributed by atoms with Crippen LogP contribution in [0.4, 0.5) is 0 Å². The topological polar surface area (TPSA) is 43.1 Å². The molecule has 16 heavy (non-hydrogen) atoms. The Morgan fingerprint density at radius 2 is 1.81 bits per heavy atom. The Hall–Kier alpha value is -1.45. The number of nitrogens with zero attached hydrogens (tertiary/aromatic N) is 4. The van der Waals surface area contributed by atoms with Crippen molar-refractivity contribution in [2.24, 2.45) is 0 Å². The second kappa shape index (κ2) is 3.54. The lowest BCUT2D eigenvalue weighted by Gasteiger charge is -2.17. The van der Waals surface area contributed by atoms with Crippen LogP contribution in [-0.2, 0) is 5.41 Å². The Labute approximate surface area is 95.7 Å². The molecule has 0 N–H and O–H groups in total. The van der Waals surface area contributed by atoms with Crippen LogP contribution in [0.5, 0.6) is 0 Å².